The number of nitrogens with one attached hydrogen (secondary N) is 1. The van der Waals surface area contributed by atoms with Crippen LogP contribution in [0.4, 0.5) is 0 Å². The Morgan fingerprint density at radius 2 is 1.83 bits per heavy atom. The summed E-state index contributed by atoms with van der Waals surface area (Å²) in [6, 6.07) is 7.98. The second kappa shape index (κ2) is 9.63. The van der Waals surface area contributed by atoms with E-state index < -0.39 is 0 Å². The lowest BCUT2D eigenvalue weighted by Gasteiger charge is -2.34. The maximum absolute atomic E-state index is 13.4. The molecular weight excluding hydrogens is 466 g/mol. The third kappa shape index (κ3) is 4.35. The first kappa shape index (κ1) is 23.3. The number of thiophene rings is 1. The minimum absolute atomic E-state index is 0.0513. The number of carbonyl (C=O) groups is 2. The molecule has 182 valence electrons. The van der Waals surface area contributed by atoms with Crippen molar-refractivity contribution in [3.05, 3.63) is 52.3 Å². The Morgan fingerprint density at radius 1 is 1.09 bits per heavy atom. The highest BCUT2D eigenvalue weighted by atomic mass is 32.1. The Balaban J connectivity index is 1.28. The van der Waals surface area contributed by atoms with Crippen LogP contribution in [0.2, 0.25) is 0 Å². The van der Waals surface area contributed by atoms with Gasteiger partial charge in [-0.2, -0.15) is 4.98 Å². The highest BCUT2D eigenvalue weighted by Gasteiger charge is 2.29. The number of aromatic amines is 1. The van der Waals surface area contributed by atoms with Crippen LogP contribution in [0.1, 0.15) is 26.6 Å². The van der Waals surface area contributed by atoms with Crippen LogP contribution < -0.4 is 4.74 Å². The van der Waals surface area contributed by atoms with Crippen molar-refractivity contribution in [3.63, 3.8) is 0 Å². The lowest BCUT2D eigenvalue weighted by molar-refractivity contribution is -0.131. The molecule has 2 amide bonds. The van der Waals surface area contributed by atoms with E-state index in [-0.39, 0.29) is 18.4 Å². The number of amides is 2. The van der Waals surface area contributed by atoms with Crippen molar-refractivity contribution in [2.24, 2.45) is 0 Å². The first-order chi connectivity index (χ1) is 17.0. The monoisotopic (exact) mass is 493 g/mol. The summed E-state index contributed by atoms with van der Waals surface area (Å²) in [5.41, 5.74) is 2.83. The van der Waals surface area contributed by atoms with Crippen LogP contribution in [0, 0.1) is 6.92 Å². The number of para-hydroxylation sites is 1. The predicted octanol–water partition coefficient (Wildman–Crippen LogP) is 3.16. The molecule has 0 aliphatic carbocycles. The molecule has 0 bridgehead atoms. The molecule has 1 N–H and O–H groups in total. The zero-order valence-corrected chi connectivity index (χ0v) is 20.8. The van der Waals surface area contributed by atoms with E-state index in [2.05, 4.69) is 15.0 Å². The number of H-pyrrole nitrogens is 1. The maximum Gasteiger partial charge on any atom is 0.264 e. The highest BCUT2D eigenvalue weighted by Crippen LogP contribution is 2.36. The maximum atomic E-state index is 13.4. The molecule has 0 saturated carbocycles. The van der Waals surface area contributed by atoms with Crippen molar-refractivity contribution in [2.75, 3.05) is 40.4 Å². The zero-order chi connectivity index (χ0) is 24.5. The van der Waals surface area contributed by atoms with E-state index >= 15 is 0 Å². The van der Waals surface area contributed by atoms with E-state index in [0.717, 1.165) is 27.4 Å². The molecule has 5 rings (SSSR count). The fourth-order valence-corrected chi connectivity index (χ4v) is 5.70. The van der Waals surface area contributed by atoms with Crippen molar-refractivity contribution in [1.29, 1.82) is 0 Å². The standard InChI is InChI=1S/C25H27N5O4S/c1-15-21-23(34-3)27-19(14-33-2)28-24(21)35-22(15)25(32)30-10-8-29(9-11-30)20(31)12-16-13-26-18-7-5-4-6-17(16)18/h4-7,13,26H,8-12,14H2,1-3H3. The first-order valence-electron chi connectivity index (χ1n) is 11.4. The second-order valence-electron chi connectivity index (χ2n) is 8.53. The van der Waals surface area contributed by atoms with Gasteiger partial charge in [0.2, 0.25) is 11.8 Å². The van der Waals surface area contributed by atoms with Gasteiger partial charge in [-0.3, -0.25) is 9.59 Å². The summed E-state index contributed by atoms with van der Waals surface area (Å²) in [4.78, 5) is 43.5. The summed E-state index contributed by atoms with van der Waals surface area (Å²) in [6.45, 7) is 4.17. The van der Waals surface area contributed by atoms with Crippen LogP contribution in [0.5, 0.6) is 5.88 Å². The normalized spacial score (nSPS) is 14.1. The van der Waals surface area contributed by atoms with Gasteiger partial charge >= 0.3 is 0 Å². The summed E-state index contributed by atoms with van der Waals surface area (Å²) < 4.78 is 10.6. The summed E-state index contributed by atoms with van der Waals surface area (Å²) in [6.07, 6.45) is 2.25. The molecular formula is C25H27N5O4S. The van der Waals surface area contributed by atoms with Gasteiger partial charge in [0.05, 0.1) is 23.8 Å². The average Bonchev–Trinajstić information content (AvgIpc) is 3.44. The second-order valence-corrected chi connectivity index (χ2v) is 9.53. The molecule has 0 unspecified atom stereocenters. The van der Waals surface area contributed by atoms with Gasteiger partial charge in [0.1, 0.15) is 11.4 Å². The fourth-order valence-electron chi connectivity index (χ4n) is 4.54. The van der Waals surface area contributed by atoms with Crippen LogP contribution in [0.25, 0.3) is 21.1 Å². The first-order valence-corrected chi connectivity index (χ1v) is 12.3. The molecule has 3 aromatic heterocycles. The summed E-state index contributed by atoms with van der Waals surface area (Å²) >= 11 is 1.34. The quantitative estimate of drug-likeness (QED) is 0.443. The number of benzene rings is 1. The third-order valence-electron chi connectivity index (χ3n) is 6.40. The van der Waals surface area contributed by atoms with Gasteiger partial charge in [-0.25, -0.2) is 4.98 Å². The van der Waals surface area contributed by atoms with Gasteiger partial charge < -0.3 is 24.3 Å². The lowest BCUT2D eigenvalue weighted by atomic mass is 10.1. The molecule has 1 fully saturated rings. The minimum atomic E-state index is -0.0513. The molecule has 4 aromatic rings. The van der Waals surface area contributed by atoms with E-state index in [9.17, 15) is 9.59 Å². The molecule has 10 heteroatoms. The number of hydrogen-bond acceptors (Lipinski definition) is 7. The molecule has 1 aliphatic heterocycles. The van der Waals surface area contributed by atoms with E-state index in [0.29, 0.717) is 54.0 Å². The van der Waals surface area contributed by atoms with Gasteiger partial charge in [0.25, 0.3) is 5.91 Å². The van der Waals surface area contributed by atoms with Crippen molar-refractivity contribution >= 4 is 44.3 Å². The van der Waals surface area contributed by atoms with Gasteiger partial charge in [-0.1, -0.05) is 18.2 Å². The number of hydrogen-bond donors (Lipinski definition) is 1. The van der Waals surface area contributed by atoms with E-state index in [1.54, 1.807) is 14.2 Å². The van der Waals surface area contributed by atoms with Crippen LogP contribution in [0.15, 0.2) is 30.5 Å². The molecule has 35 heavy (non-hydrogen) atoms. The molecule has 4 heterocycles. The number of methoxy groups -OCH3 is 2. The van der Waals surface area contributed by atoms with Gasteiger partial charge in [0.15, 0.2) is 5.82 Å². The number of carbonyl (C=O) groups excluding carboxylic acids is 2. The minimum Gasteiger partial charge on any atom is -0.480 e. The Hall–Kier alpha value is -3.50. The van der Waals surface area contributed by atoms with E-state index in [4.69, 9.17) is 9.47 Å². The van der Waals surface area contributed by atoms with Crippen LogP contribution in [-0.2, 0) is 22.6 Å². The predicted molar refractivity (Wildman–Crippen MR) is 134 cm³/mol. The van der Waals surface area contributed by atoms with Crippen LogP contribution in [0.3, 0.4) is 0 Å². The number of aromatic nitrogens is 3. The number of rotatable bonds is 6. The van der Waals surface area contributed by atoms with E-state index in [1.165, 1.54) is 11.3 Å². The fraction of sp³-hybridized carbons (Fsp3) is 0.360. The molecule has 1 saturated heterocycles. The van der Waals surface area contributed by atoms with Crippen LogP contribution in [-0.4, -0.2) is 77.0 Å². The van der Waals surface area contributed by atoms with Gasteiger partial charge in [0, 0.05) is 50.4 Å². The number of ether oxygens (including phenoxy) is 2. The topological polar surface area (TPSA) is 101 Å². The Kier molecular flexibility index (Phi) is 6.40. The van der Waals surface area contributed by atoms with Crippen molar-refractivity contribution in [3.8, 4) is 5.88 Å². The summed E-state index contributed by atoms with van der Waals surface area (Å²) in [5, 5.41) is 1.83. The third-order valence-corrected chi connectivity index (χ3v) is 7.57. The van der Waals surface area contributed by atoms with Crippen molar-refractivity contribution < 1.29 is 19.1 Å². The highest BCUT2D eigenvalue weighted by molar-refractivity contribution is 7.20. The SMILES string of the molecule is COCc1nc(OC)c2c(C)c(C(=O)N3CCN(C(=O)Cc4c[nH]c5ccccc45)CC3)sc2n1. The Morgan fingerprint density at radius 3 is 2.57 bits per heavy atom. The number of nitrogens with zero attached hydrogens (tertiary/aromatic N) is 4. The van der Waals surface area contributed by atoms with Crippen molar-refractivity contribution in [2.45, 2.75) is 20.0 Å². The lowest BCUT2D eigenvalue weighted by Crippen LogP contribution is -2.50. The Bertz CT molecular complexity index is 1400. The van der Waals surface area contributed by atoms with Crippen molar-refractivity contribution in [1.82, 2.24) is 24.8 Å². The molecule has 1 aromatic carbocycles. The summed E-state index contributed by atoms with van der Waals surface area (Å²) in [7, 11) is 3.14. The number of aryl methyl sites for hydroxylation is 1. The molecule has 0 radical (unpaired) electrons. The average molecular weight is 494 g/mol. The summed E-state index contributed by atoms with van der Waals surface area (Å²) in [5.74, 6) is 0.983. The number of fused-ring (bicyclic) bond motifs is 2. The van der Waals surface area contributed by atoms with Crippen LogP contribution >= 0.6 is 11.3 Å². The van der Waals surface area contributed by atoms with Gasteiger partial charge in [-0.05, 0) is 24.1 Å². The molecule has 1 aliphatic rings. The zero-order valence-electron chi connectivity index (χ0n) is 20.0. The molecule has 0 atom stereocenters. The smallest absolute Gasteiger partial charge is 0.264 e. The van der Waals surface area contributed by atoms with E-state index in [1.807, 2.05) is 47.2 Å². The van der Waals surface area contributed by atoms with Gasteiger partial charge in [-0.15, -0.1) is 11.3 Å². The number of piperazine rings is 1. The molecule has 0 spiro atoms. The largest absolute Gasteiger partial charge is 0.480 e. The molecule has 9 nitrogen and oxygen atoms in total. The Labute approximate surface area is 206 Å².